The van der Waals surface area contributed by atoms with Gasteiger partial charge in [0.15, 0.2) is 5.78 Å². The van der Waals surface area contributed by atoms with Gasteiger partial charge in [-0.2, -0.15) is 5.26 Å². The Bertz CT molecular complexity index is 364. The van der Waals surface area contributed by atoms with Crippen LogP contribution < -0.4 is 0 Å². The van der Waals surface area contributed by atoms with E-state index >= 15 is 0 Å². The molecule has 0 aliphatic rings. The third kappa shape index (κ3) is 2.55. The SMILES string of the molecule is CCC(C#N)C(=O)c1ccc(I)cc1. The first kappa shape index (κ1) is 11.2. The molecule has 1 atom stereocenters. The van der Waals surface area contributed by atoms with E-state index in [1.165, 1.54) is 0 Å². The summed E-state index contributed by atoms with van der Waals surface area (Å²) in [6, 6.07) is 9.29. The molecule has 0 amide bonds. The molecule has 1 rings (SSSR count). The number of benzene rings is 1. The number of hydrogen-bond donors (Lipinski definition) is 0. The summed E-state index contributed by atoms with van der Waals surface area (Å²) in [6.45, 7) is 1.85. The zero-order valence-corrected chi connectivity index (χ0v) is 9.98. The molecule has 14 heavy (non-hydrogen) atoms. The molecule has 0 saturated carbocycles. The highest BCUT2D eigenvalue weighted by Gasteiger charge is 2.16. The van der Waals surface area contributed by atoms with Crippen LogP contribution in [0.25, 0.3) is 0 Å². The molecule has 0 heterocycles. The maximum atomic E-state index is 11.7. The number of ketones is 1. The molecule has 0 aliphatic carbocycles. The predicted octanol–water partition coefficient (Wildman–Crippen LogP) is 3.02. The molecule has 0 radical (unpaired) electrons. The van der Waals surface area contributed by atoms with Gasteiger partial charge < -0.3 is 0 Å². The zero-order chi connectivity index (χ0) is 10.6. The second-order valence-electron chi connectivity index (χ2n) is 2.96. The fourth-order valence-electron chi connectivity index (χ4n) is 1.15. The van der Waals surface area contributed by atoms with E-state index in [4.69, 9.17) is 5.26 Å². The molecule has 0 saturated heterocycles. The van der Waals surface area contributed by atoms with Crippen LogP contribution in [-0.2, 0) is 0 Å². The van der Waals surface area contributed by atoms with Gasteiger partial charge >= 0.3 is 0 Å². The van der Waals surface area contributed by atoms with Gasteiger partial charge in [0, 0.05) is 9.13 Å². The lowest BCUT2D eigenvalue weighted by Crippen LogP contribution is -2.11. The van der Waals surface area contributed by atoms with E-state index in [2.05, 4.69) is 22.6 Å². The number of carbonyl (C=O) groups is 1. The maximum Gasteiger partial charge on any atom is 0.179 e. The molecule has 0 bridgehead atoms. The molecule has 0 spiro atoms. The monoisotopic (exact) mass is 299 g/mol. The van der Waals surface area contributed by atoms with Crippen LogP contribution >= 0.6 is 22.6 Å². The van der Waals surface area contributed by atoms with Crippen LogP contribution in [0.2, 0.25) is 0 Å². The first-order valence-electron chi connectivity index (χ1n) is 4.38. The van der Waals surface area contributed by atoms with Crippen molar-refractivity contribution in [2.24, 2.45) is 5.92 Å². The second-order valence-corrected chi connectivity index (χ2v) is 4.21. The van der Waals surface area contributed by atoms with Crippen molar-refractivity contribution in [1.82, 2.24) is 0 Å². The molecule has 1 unspecified atom stereocenters. The molecule has 72 valence electrons. The Morgan fingerprint density at radius 1 is 1.50 bits per heavy atom. The molecule has 3 heteroatoms. The molecular weight excluding hydrogens is 289 g/mol. The lowest BCUT2D eigenvalue weighted by Gasteiger charge is -2.04. The summed E-state index contributed by atoms with van der Waals surface area (Å²) in [4.78, 5) is 11.7. The number of nitriles is 1. The summed E-state index contributed by atoms with van der Waals surface area (Å²) in [7, 11) is 0. The van der Waals surface area contributed by atoms with Gasteiger partial charge in [-0.05, 0) is 41.1 Å². The Morgan fingerprint density at radius 2 is 2.07 bits per heavy atom. The van der Waals surface area contributed by atoms with Crippen LogP contribution in [0.5, 0.6) is 0 Å². The van der Waals surface area contributed by atoms with Crippen LogP contribution in [0.4, 0.5) is 0 Å². The highest BCUT2D eigenvalue weighted by molar-refractivity contribution is 14.1. The summed E-state index contributed by atoms with van der Waals surface area (Å²) in [6.07, 6.45) is 0.571. The van der Waals surface area contributed by atoms with E-state index in [0.29, 0.717) is 12.0 Å². The van der Waals surface area contributed by atoms with Gasteiger partial charge in [-0.15, -0.1) is 0 Å². The summed E-state index contributed by atoms with van der Waals surface area (Å²) < 4.78 is 1.09. The quantitative estimate of drug-likeness (QED) is 0.636. The second kappa shape index (κ2) is 5.11. The summed E-state index contributed by atoms with van der Waals surface area (Å²) in [5.41, 5.74) is 0.624. The third-order valence-electron chi connectivity index (χ3n) is 2.01. The Labute approximate surface area is 97.1 Å². The van der Waals surface area contributed by atoms with E-state index in [-0.39, 0.29) is 5.78 Å². The largest absolute Gasteiger partial charge is 0.293 e. The molecule has 0 N–H and O–H groups in total. The van der Waals surface area contributed by atoms with Gasteiger partial charge in [-0.3, -0.25) is 4.79 Å². The van der Waals surface area contributed by atoms with Crippen molar-refractivity contribution in [2.45, 2.75) is 13.3 Å². The van der Waals surface area contributed by atoms with Gasteiger partial charge in [0.2, 0.25) is 0 Å². The van der Waals surface area contributed by atoms with Crippen LogP contribution in [0.3, 0.4) is 0 Å². The minimum Gasteiger partial charge on any atom is -0.293 e. The Morgan fingerprint density at radius 3 is 2.50 bits per heavy atom. The standard InChI is InChI=1S/C11H10INO/c1-2-8(7-13)11(14)9-3-5-10(12)6-4-9/h3-6,8H,2H2,1H3. The van der Waals surface area contributed by atoms with Gasteiger partial charge in [0.1, 0.15) is 5.92 Å². The van der Waals surface area contributed by atoms with Gasteiger partial charge in [-0.1, -0.05) is 19.1 Å². The maximum absolute atomic E-state index is 11.7. The summed E-state index contributed by atoms with van der Waals surface area (Å²) in [5, 5.41) is 8.74. The minimum atomic E-state index is -0.505. The van der Waals surface area contributed by atoms with E-state index < -0.39 is 5.92 Å². The number of halogens is 1. The first-order chi connectivity index (χ1) is 6.69. The number of nitrogens with zero attached hydrogens (tertiary/aromatic N) is 1. The van der Waals surface area contributed by atoms with Gasteiger partial charge in [0.05, 0.1) is 6.07 Å². The molecule has 0 fully saturated rings. The van der Waals surface area contributed by atoms with Gasteiger partial charge in [0.25, 0.3) is 0 Å². The van der Waals surface area contributed by atoms with E-state index in [1.54, 1.807) is 12.1 Å². The molecular formula is C11H10INO. The van der Waals surface area contributed by atoms with Crippen molar-refractivity contribution in [3.63, 3.8) is 0 Å². The first-order valence-corrected chi connectivity index (χ1v) is 5.46. The summed E-state index contributed by atoms with van der Waals surface area (Å²) >= 11 is 2.18. The number of Topliss-reactive ketones (excluding diaryl/α,β-unsaturated/α-hetero) is 1. The fourth-order valence-corrected chi connectivity index (χ4v) is 1.51. The number of carbonyl (C=O) groups excluding carboxylic acids is 1. The van der Waals surface area contributed by atoms with Crippen molar-refractivity contribution >= 4 is 28.4 Å². The highest BCUT2D eigenvalue weighted by atomic mass is 127. The van der Waals surface area contributed by atoms with Crippen LogP contribution in [0.1, 0.15) is 23.7 Å². The molecule has 0 aromatic heterocycles. The van der Waals surface area contributed by atoms with E-state index in [9.17, 15) is 4.79 Å². The smallest absolute Gasteiger partial charge is 0.179 e. The van der Waals surface area contributed by atoms with Crippen molar-refractivity contribution in [1.29, 1.82) is 5.26 Å². The van der Waals surface area contributed by atoms with Crippen molar-refractivity contribution in [2.75, 3.05) is 0 Å². The average Bonchev–Trinajstić information content (AvgIpc) is 2.20. The Balaban J connectivity index is 2.90. The average molecular weight is 299 g/mol. The summed E-state index contributed by atoms with van der Waals surface area (Å²) in [5.74, 6) is -0.582. The van der Waals surface area contributed by atoms with E-state index in [1.807, 2.05) is 25.1 Å². The minimum absolute atomic E-state index is 0.0774. The molecule has 0 aliphatic heterocycles. The third-order valence-corrected chi connectivity index (χ3v) is 2.73. The fraction of sp³-hybridized carbons (Fsp3) is 0.273. The number of hydrogen-bond acceptors (Lipinski definition) is 2. The van der Waals surface area contributed by atoms with Crippen LogP contribution in [-0.4, -0.2) is 5.78 Å². The predicted molar refractivity (Wildman–Crippen MR) is 62.9 cm³/mol. The number of rotatable bonds is 3. The topological polar surface area (TPSA) is 40.9 Å². The zero-order valence-electron chi connectivity index (χ0n) is 7.83. The lowest BCUT2D eigenvalue weighted by atomic mass is 9.97. The highest BCUT2D eigenvalue weighted by Crippen LogP contribution is 2.13. The van der Waals surface area contributed by atoms with E-state index in [0.717, 1.165) is 3.57 Å². The Kier molecular flexibility index (Phi) is 4.08. The van der Waals surface area contributed by atoms with Crippen LogP contribution in [0.15, 0.2) is 24.3 Å². The van der Waals surface area contributed by atoms with Crippen LogP contribution in [0, 0.1) is 20.8 Å². The normalized spacial score (nSPS) is 11.8. The van der Waals surface area contributed by atoms with Crippen molar-refractivity contribution in [3.05, 3.63) is 33.4 Å². The van der Waals surface area contributed by atoms with Crippen molar-refractivity contribution < 1.29 is 4.79 Å². The Hall–Kier alpha value is -0.890. The molecule has 2 nitrogen and oxygen atoms in total. The molecule has 1 aromatic rings. The molecule has 1 aromatic carbocycles. The van der Waals surface area contributed by atoms with Crippen molar-refractivity contribution in [3.8, 4) is 6.07 Å². The lowest BCUT2D eigenvalue weighted by molar-refractivity contribution is 0.0946. The van der Waals surface area contributed by atoms with Gasteiger partial charge in [-0.25, -0.2) is 0 Å².